The van der Waals surface area contributed by atoms with Gasteiger partial charge in [0.1, 0.15) is 11.4 Å². The van der Waals surface area contributed by atoms with Crippen molar-refractivity contribution in [2.75, 3.05) is 6.61 Å². The smallest absolute Gasteiger partial charge is 0.355 e. The van der Waals surface area contributed by atoms with Crippen LogP contribution in [0.1, 0.15) is 17.4 Å². The fourth-order valence-electron chi connectivity index (χ4n) is 2.77. The quantitative estimate of drug-likeness (QED) is 0.572. The Balaban J connectivity index is 1.95. The van der Waals surface area contributed by atoms with Crippen LogP contribution < -0.4 is 4.74 Å². The molecule has 0 atom stereocenters. The molecule has 1 N–H and O–H groups in total. The molecule has 0 fully saturated rings. The zero-order valence-electron chi connectivity index (χ0n) is 13.9. The molecule has 0 aliphatic heterocycles. The Bertz CT molecular complexity index is 1090. The number of aromatic nitrogens is 3. The van der Waals surface area contributed by atoms with Gasteiger partial charge in [-0.25, -0.2) is 14.5 Å². The first kappa shape index (κ1) is 16.3. The summed E-state index contributed by atoms with van der Waals surface area (Å²) in [7, 11) is 0. The summed E-state index contributed by atoms with van der Waals surface area (Å²) in [6.07, 6.45) is 0. The van der Waals surface area contributed by atoms with Crippen LogP contribution in [0.25, 0.3) is 27.3 Å². The van der Waals surface area contributed by atoms with Gasteiger partial charge in [-0.2, -0.15) is 5.10 Å². The van der Waals surface area contributed by atoms with E-state index in [1.807, 2.05) is 55.5 Å². The van der Waals surface area contributed by atoms with Crippen molar-refractivity contribution >= 4 is 28.2 Å². The molecule has 6 nitrogen and oxygen atoms in total. The van der Waals surface area contributed by atoms with Crippen molar-refractivity contribution in [3.8, 4) is 22.1 Å². The number of carboxylic acids is 1. The first-order chi connectivity index (χ1) is 12.7. The molecule has 0 unspecified atom stereocenters. The maximum Gasteiger partial charge on any atom is 0.355 e. The highest BCUT2D eigenvalue weighted by Gasteiger charge is 2.18. The van der Waals surface area contributed by atoms with Crippen LogP contribution in [0.2, 0.25) is 0 Å². The summed E-state index contributed by atoms with van der Waals surface area (Å²) < 4.78 is 7.29. The Kier molecular flexibility index (Phi) is 4.14. The lowest BCUT2D eigenvalue weighted by Gasteiger charge is -2.04. The van der Waals surface area contributed by atoms with Gasteiger partial charge >= 0.3 is 5.97 Å². The number of ether oxygens (including phenoxy) is 1. The van der Waals surface area contributed by atoms with E-state index >= 15 is 0 Å². The zero-order chi connectivity index (χ0) is 18.1. The molecule has 2 aromatic carbocycles. The SMILES string of the molecule is CCOc1ccc2c(-c3ccccc3)nn(-c3nc(C(=O)O)cs3)c2c1. The van der Waals surface area contributed by atoms with Crippen molar-refractivity contribution in [3.05, 3.63) is 59.6 Å². The van der Waals surface area contributed by atoms with Crippen molar-refractivity contribution in [1.82, 2.24) is 14.8 Å². The topological polar surface area (TPSA) is 77.2 Å². The molecular formula is C19H15N3O3S. The monoisotopic (exact) mass is 365 g/mol. The molecule has 2 heterocycles. The number of fused-ring (bicyclic) bond motifs is 1. The molecule has 4 rings (SSSR count). The van der Waals surface area contributed by atoms with Crippen molar-refractivity contribution < 1.29 is 14.6 Å². The molecule has 0 radical (unpaired) electrons. The average Bonchev–Trinajstić information content (AvgIpc) is 3.27. The third-order valence-electron chi connectivity index (χ3n) is 3.90. The molecule has 0 saturated carbocycles. The minimum absolute atomic E-state index is 0.0101. The van der Waals surface area contributed by atoms with E-state index < -0.39 is 5.97 Å². The standard InChI is InChI=1S/C19H15N3O3S/c1-2-25-13-8-9-14-16(10-13)22(19-20-15(11-26-19)18(23)24)21-17(14)12-6-4-3-5-7-12/h3-11H,2H2,1H3,(H,23,24). The number of nitrogens with zero attached hydrogens (tertiary/aromatic N) is 3. The normalized spacial score (nSPS) is 11.0. The Morgan fingerprint density at radius 1 is 1.23 bits per heavy atom. The third kappa shape index (κ3) is 2.82. The van der Waals surface area contributed by atoms with Gasteiger partial charge in [-0.05, 0) is 19.1 Å². The number of hydrogen-bond acceptors (Lipinski definition) is 5. The third-order valence-corrected chi connectivity index (χ3v) is 4.72. The summed E-state index contributed by atoms with van der Waals surface area (Å²) in [5, 5.41) is 16.8. The van der Waals surface area contributed by atoms with E-state index in [4.69, 9.17) is 14.9 Å². The second-order valence-corrected chi connectivity index (χ2v) is 6.40. The summed E-state index contributed by atoms with van der Waals surface area (Å²) in [5.74, 6) is -0.321. The summed E-state index contributed by atoms with van der Waals surface area (Å²) in [6, 6.07) is 15.6. The molecule has 0 saturated heterocycles. The number of rotatable bonds is 5. The van der Waals surface area contributed by atoms with Gasteiger partial charge in [0.2, 0.25) is 5.13 Å². The van der Waals surface area contributed by atoms with Crippen molar-refractivity contribution in [2.45, 2.75) is 6.92 Å². The Hall–Kier alpha value is -3.19. The lowest BCUT2D eigenvalue weighted by molar-refractivity contribution is 0.0691. The van der Waals surface area contributed by atoms with Crippen LogP contribution in [0, 0.1) is 0 Å². The summed E-state index contributed by atoms with van der Waals surface area (Å²) in [5.41, 5.74) is 2.63. The van der Waals surface area contributed by atoms with Gasteiger partial charge in [0.05, 0.1) is 12.1 Å². The number of carbonyl (C=O) groups is 1. The number of hydrogen-bond donors (Lipinski definition) is 1. The van der Waals surface area contributed by atoms with E-state index in [-0.39, 0.29) is 5.69 Å². The Labute approximate surface area is 153 Å². The molecular weight excluding hydrogens is 350 g/mol. The van der Waals surface area contributed by atoms with E-state index in [1.54, 1.807) is 4.68 Å². The first-order valence-electron chi connectivity index (χ1n) is 8.07. The maximum atomic E-state index is 11.2. The van der Waals surface area contributed by atoms with E-state index in [1.165, 1.54) is 16.7 Å². The van der Waals surface area contributed by atoms with Crippen molar-refractivity contribution in [1.29, 1.82) is 0 Å². The van der Waals surface area contributed by atoms with E-state index in [0.717, 1.165) is 27.9 Å². The van der Waals surface area contributed by atoms with Crippen molar-refractivity contribution in [3.63, 3.8) is 0 Å². The van der Waals surface area contributed by atoms with Crippen LogP contribution in [-0.4, -0.2) is 32.4 Å². The fraction of sp³-hybridized carbons (Fsp3) is 0.105. The lowest BCUT2D eigenvalue weighted by atomic mass is 10.1. The molecule has 0 spiro atoms. The van der Waals surface area contributed by atoms with Crippen LogP contribution in [0.15, 0.2) is 53.9 Å². The molecule has 0 bridgehead atoms. The number of aromatic carboxylic acids is 1. The van der Waals surface area contributed by atoms with Crippen LogP contribution in [0.5, 0.6) is 5.75 Å². The number of benzene rings is 2. The highest BCUT2D eigenvalue weighted by atomic mass is 32.1. The minimum Gasteiger partial charge on any atom is -0.494 e. The molecule has 2 aromatic heterocycles. The predicted octanol–water partition coefficient (Wildman–Crippen LogP) is 4.25. The summed E-state index contributed by atoms with van der Waals surface area (Å²) in [4.78, 5) is 15.4. The zero-order valence-corrected chi connectivity index (χ0v) is 14.7. The number of thiazole rings is 1. The second-order valence-electron chi connectivity index (χ2n) is 5.56. The predicted molar refractivity (Wildman–Crippen MR) is 100 cm³/mol. The van der Waals surface area contributed by atoms with Gasteiger partial charge in [0.15, 0.2) is 5.69 Å². The van der Waals surface area contributed by atoms with Gasteiger partial charge in [-0.1, -0.05) is 30.3 Å². The van der Waals surface area contributed by atoms with E-state index in [0.29, 0.717) is 11.7 Å². The van der Waals surface area contributed by atoms with E-state index in [9.17, 15) is 4.79 Å². The lowest BCUT2D eigenvalue weighted by Crippen LogP contribution is -2.00. The van der Waals surface area contributed by atoms with E-state index in [2.05, 4.69) is 4.98 Å². The highest BCUT2D eigenvalue weighted by Crippen LogP contribution is 2.32. The Morgan fingerprint density at radius 2 is 2.04 bits per heavy atom. The van der Waals surface area contributed by atoms with Crippen LogP contribution in [0.4, 0.5) is 0 Å². The molecule has 4 aromatic rings. The minimum atomic E-state index is -1.05. The van der Waals surface area contributed by atoms with Gasteiger partial charge in [-0.3, -0.25) is 0 Å². The average molecular weight is 365 g/mol. The van der Waals surface area contributed by atoms with Gasteiger partial charge in [-0.15, -0.1) is 11.3 Å². The molecule has 0 amide bonds. The van der Waals surface area contributed by atoms with Crippen LogP contribution in [0.3, 0.4) is 0 Å². The first-order valence-corrected chi connectivity index (χ1v) is 8.95. The van der Waals surface area contributed by atoms with Crippen LogP contribution in [-0.2, 0) is 0 Å². The summed E-state index contributed by atoms with van der Waals surface area (Å²) >= 11 is 1.24. The Morgan fingerprint density at radius 3 is 2.73 bits per heavy atom. The van der Waals surface area contributed by atoms with Crippen LogP contribution >= 0.6 is 11.3 Å². The summed E-state index contributed by atoms with van der Waals surface area (Å²) in [6.45, 7) is 2.49. The molecule has 0 aliphatic rings. The second kappa shape index (κ2) is 6.61. The van der Waals surface area contributed by atoms with Gasteiger partial charge < -0.3 is 9.84 Å². The molecule has 0 aliphatic carbocycles. The highest BCUT2D eigenvalue weighted by molar-refractivity contribution is 7.12. The van der Waals surface area contributed by atoms with Gasteiger partial charge in [0.25, 0.3) is 0 Å². The largest absolute Gasteiger partial charge is 0.494 e. The molecule has 26 heavy (non-hydrogen) atoms. The van der Waals surface area contributed by atoms with Gasteiger partial charge in [0, 0.05) is 22.4 Å². The fourth-order valence-corrected chi connectivity index (χ4v) is 3.53. The number of carboxylic acid groups (broad SMARTS) is 1. The molecule has 130 valence electrons. The molecule has 7 heteroatoms. The van der Waals surface area contributed by atoms with Crippen molar-refractivity contribution in [2.24, 2.45) is 0 Å². The maximum absolute atomic E-state index is 11.2.